The molecule has 0 N–H and O–H groups in total. The minimum absolute atomic E-state index is 1.20. The third-order valence-electron chi connectivity index (χ3n) is 7.12. The van der Waals surface area contributed by atoms with Crippen LogP contribution in [-0.2, 0) is 13.5 Å². The predicted molar refractivity (Wildman–Crippen MR) is 118 cm³/mol. The highest BCUT2D eigenvalue weighted by Crippen LogP contribution is 2.38. The molecule has 0 atom stereocenters. The van der Waals surface area contributed by atoms with Gasteiger partial charge in [0.05, 0.1) is 8.07 Å². The molecule has 0 radical (unpaired) electrons. The third kappa shape index (κ3) is 2.93. The normalized spacial score (nSPS) is 17.6. The Labute approximate surface area is 169 Å². The number of aryl methyl sites for hydroxylation is 3. The highest BCUT2D eigenvalue weighted by Gasteiger charge is 2.43. The van der Waals surface area contributed by atoms with Gasteiger partial charge in [-0.1, -0.05) is 49.5 Å². The van der Waals surface area contributed by atoms with Crippen LogP contribution in [0.15, 0.2) is 55.0 Å². The maximum Gasteiger partial charge on any atom is 0.212 e. The molecule has 4 heterocycles. The van der Waals surface area contributed by atoms with Crippen LogP contribution in [0.4, 0.5) is 0 Å². The van der Waals surface area contributed by atoms with Gasteiger partial charge < -0.3 is 0 Å². The molecule has 1 aromatic carbocycles. The first kappa shape index (κ1) is 17.8. The fraction of sp³-hybridized carbons (Fsp3) is 0.360. The van der Waals surface area contributed by atoms with Crippen molar-refractivity contribution in [2.24, 2.45) is 7.05 Å². The molecule has 3 aromatic rings. The quantitative estimate of drug-likeness (QED) is 0.451. The zero-order valence-electron chi connectivity index (χ0n) is 17.0. The average Bonchev–Trinajstić information content (AvgIpc) is 3.19. The molecule has 2 aliphatic rings. The van der Waals surface area contributed by atoms with E-state index in [1.165, 1.54) is 71.8 Å². The number of aromatic nitrogens is 2. The fourth-order valence-electron chi connectivity index (χ4n) is 5.59. The number of nitrogens with zero attached hydrogens (tertiary/aromatic N) is 2. The Morgan fingerprint density at radius 1 is 0.893 bits per heavy atom. The van der Waals surface area contributed by atoms with Gasteiger partial charge >= 0.3 is 0 Å². The van der Waals surface area contributed by atoms with Crippen LogP contribution >= 0.6 is 0 Å². The van der Waals surface area contributed by atoms with Gasteiger partial charge in [0.25, 0.3) is 0 Å². The smallest absolute Gasteiger partial charge is 0.212 e. The standard InChI is InChI=1S/C25H29N2Si/c1-19-7-8-21(20-9-11-26-12-10-20)16-23(19)24-17-22-6-5-15-28(13-3-4-14-28)25(22)18-27(24)2/h7-12,16-18H,3-6,13-15H2,1-2H3/q+1. The first-order chi connectivity index (χ1) is 13.7. The molecule has 0 bridgehead atoms. The van der Waals surface area contributed by atoms with E-state index in [2.05, 4.69) is 66.1 Å². The van der Waals surface area contributed by atoms with E-state index >= 15 is 0 Å². The zero-order valence-corrected chi connectivity index (χ0v) is 18.0. The van der Waals surface area contributed by atoms with Gasteiger partial charge in [-0.2, -0.15) is 0 Å². The molecular formula is C25H29N2Si+. The molecule has 28 heavy (non-hydrogen) atoms. The molecule has 142 valence electrons. The van der Waals surface area contributed by atoms with Gasteiger partial charge in [-0.15, -0.1) is 0 Å². The summed E-state index contributed by atoms with van der Waals surface area (Å²) in [6.45, 7) is 2.23. The van der Waals surface area contributed by atoms with E-state index in [0.29, 0.717) is 0 Å². The first-order valence-electron chi connectivity index (χ1n) is 10.7. The number of benzene rings is 1. The number of rotatable bonds is 2. The van der Waals surface area contributed by atoms with Crippen LogP contribution in [0.3, 0.4) is 0 Å². The van der Waals surface area contributed by atoms with E-state index in [1.54, 1.807) is 10.8 Å². The summed E-state index contributed by atoms with van der Waals surface area (Å²) >= 11 is 0. The Kier molecular flexibility index (Phi) is 4.43. The van der Waals surface area contributed by atoms with Crippen LogP contribution in [0.25, 0.3) is 22.4 Å². The van der Waals surface area contributed by atoms with Gasteiger partial charge in [0.15, 0.2) is 6.20 Å². The van der Waals surface area contributed by atoms with Crippen molar-refractivity contribution in [1.82, 2.24) is 4.98 Å². The Balaban J connectivity index is 1.63. The van der Waals surface area contributed by atoms with Crippen LogP contribution < -0.4 is 9.75 Å². The molecule has 3 heteroatoms. The molecule has 1 spiro atoms. The van der Waals surface area contributed by atoms with E-state index in [-0.39, 0.29) is 0 Å². The molecule has 1 saturated heterocycles. The molecule has 0 aliphatic carbocycles. The van der Waals surface area contributed by atoms with Crippen molar-refractivity contribution >= 4 is 13.3 Å². The van der Waals surface area contributed by atoms with Gasteiger partial charge in [-0.05, 0) is 53.8 Å². The highest BCUT2D eigenvalue weighted by atomic mass is 28.3. The molecule has 2 aromatic heterocycles. The molecule has 0 saturated carbocycles. The van der Waals surface area contributed by atoms with Crippen molar-refractivity contribution in [3.63, 3.8) is 0 Å². The van der Waals surface area contributed by atoms with Crippen LogP contribution in [-0.4, -0.2) is 13.1 Å². The van der Waals surface area contributed by atoms with Crippen molar-refractivity contribution < 1.29 is 4.57 Å². The van der Waals surface area contributed by atoms with Gasteiger partial charge in [-0.25, -0.2) is 4.57 Å². The summed E-state index contributed by atoms with van der Waals surface area (Å²) in [5.74, 6) is 0. The number of pyridine rings is 2. The summed E-state index contributed by atoms with van der Waals surface area (Å²) in [7, 11) is 1.05. The van der Waals surface area contributed by atoms with E-state index in [4.69, 9.17) is 0 Å². The zero-order chi connectivity index (χ0) is 19.1. The van der Waals surface area contributed by atoms with Crippen LogP contribution in [0.2, 0.25) is 18.1 Å². The minimum Gasteiger partial charge on any atom is -0.265 e. The first-order valence-corrected chi connectivity index (χ1v) is 13.3. The van der Waals surface area contributed by atoms with Crippen LogP contribution in [0.1, 0.15) is 30.4 Å². The van der Waals surface area contributed by atoms with Gasteiger partial charge in [0, 0.05) is 29.2 Å². The van der Waals surface area contributed by atoms with Gasteiger partial charge in [0.1, 0.15) is 7.05 Å². The minimum atomic E-state index is -1.20. The summed E-state index contributed by atoms with van der Waals surface area (Å²) in [5, 5.41) is 1.78. The topological polar surface area (TPSA) is 16.8 Å². The van der Waals surface area contributed by atoms with Crippen LogP contribution in [0, 0.1) is 6.92 Å². The average molecular weight is 386 g/mol. The molecule has 0 amide bonds. The van der Waals surface area contributed by atoms with Crippen molar-refractivity contribution in [2.45, 2.75) is 50.7 Å². The monoisotopic (exact) mass is 385 g/mol. The second kappa shape index (κ2) is 6.96. The van der Waals surface area contributed by atoms with E-state index < -0.39 is 8.07 Å². The largest absolute Gasteiger partial charge is 0.265 e. The second-order valence-corrected chi connectivity index (χ2v) is 13.4. The fourth-order valence-corrected chi connectivity index (χ4v) is 11.2. The SMILES string of the molecule is Cc1ccc(-c2ccncc2)cc1-c1cc2c(c[n+]1C)[Si]1(CCCC1)CCC2. The van der Waals surface area contributed by atoms with E-state index in [0.717, 1.165) is 0 Å². The van der Waals surface area contributed by atoms with Crippen molar-refractivity contribution in [2.75, 3.05) is 0 Å². The lowest BCUT2D eigenvalue weighted by molar-refractivity contribution is -0.659. The van der Waals surface area contributed by atoms with Crippen molar-refractivity contribution in [1.29, 1.82) is 0 Å². The summed E-state index contributed by atoms with van der Waals surface area (Å²) in [6.07, 6.45) is 11.9. The lowest BCUT2D eigenvalue weighted by Crippen LogP contribution is -2.53. The van der Waals surface area contributed by atoms with E-state index in [1.807, 2.05) is 12.4 Å². The third-order valence-corrected chi connectivity index (χ3v) is 12.6. The number of fused-ring (bicyclic) bond motifs is 2. The highest BCUT2D eigenvalue weighted by molar-refractivity contribution is 6.92. The van der Waals surface area contributed by atoms with Crippen molar-refractivity contribution in [3.8, 4) is 22.4 Å². The number of hydrogen-bond acceptors (Lipinski definition) is 1. The lowest BCUT2D eigenvalue weighted by Gasteiger charge is -2.32. The molecule has 2 aliphatic heterocycles. The van der Waals surface area contributed by atoms with Gasteiger partial charge in [-0.3, -0.25) is 4.98 Å². The second-order valence-electron chi connectivity index (χ2n) is 8.82. The summed E-state index contributed by atoms with van der Waals surface area (Å²) in [5.41, 5.74) is 8.21. The molecule has 2 nitrogen and oxygen atoms in total. The maximum absolute atomic E-state index is 4.17. The lowest BCUT2D eigenvalue weighted by atomic mass is 9.97. The summed E-state index contributed by atoms with van der Waals surface area (Å²) in [6, 6.07) is 18.1. The Bertz CT molecular complexity index is 1020. The molecule has 1 fully saturated rings. The van der Waals surface area contributed by atoms with Crippen LogP contribution in [0.5, 0.6) is 0 Å². The predicted octanol–water partition coefficient (Wildman–Crippen LogP) is 4.94. The molecular weight excluding hydrogens is 356 g/mol. The molecule has 5 rings (SSSR count). The summed E-state index contributed by atoms with van der Waals surface area (Å²) < 4.78 is 2.41. The maximum atomic E-state index is 4.17. The molecule has 0 unspecified atom stereocenters. The van der Waals surface area contributed by atoms with Crippen molar-refractivity contribution in [3.05, 3.63) is 66.1 Å². The van der Waals surface area contributed by atoms with Gasteiger partial charge in [0.2, 0.25) is 5.69 Å². The number of hydrogen-bond donors (Lipinski definition) is 0. The summed E-state index contributed by atoms with van der Waals surface area (Å²) in [4.78, 5) is 4.17. The Hall–Kier alpha value is -2.26. The Morgan fingerprint density at radius 3 is 2.43 bits per heavy atom. The Morgan fingerprint density at radius 2 is 1.64 bits per heavy atom. The van der Waals surface area contributed by atoms with E-state index in [9.17, 15) is 0 Å².